The van der Waals surface area contributed by atoms with Crippen molar-refractivity contribution in [2.45, 2.75) is 10.9 Å². The highest BCUT2D eigenvalue weighted by Gasteiger charge is 2.27. The van der Waals surface area contributed by atoms with E-state index in [1.54, 1.807) is 97.2 Å². The van der Waals surface area contributed by atoms with Crippen molar-refractivity contribution in [3.63, 3.8) is 0 Å². The molecule has 5 rings (SSSR count). The molecule has 2 N–H and O–H groups in total. The van der Waals surface area contributed by atoms with E-state index in [1.807, 2.05) is 0 Å². The van der Waals surface area contributed by atoms with E-state index in [0.29, 0.717) is 27.3 Å². The molecule has 1 aromatic heterocycles. The fraction of sp³-hybridized carbons (Fsp3) is 0.0345. The SMILES string of the molecule is O=C(Nc1ccc(-n2ccccc2=O)cc1)C(NS(=O)(=O)c1ccc2cc(Cl)ccc2c1)c1ccccc1. The summed E-state index contributed by atoms with van der Waals surface area (Å²) in [6, 6.07) is 28.8. The van der Waals surface area contributed by atoms with Crippen LogP contribution in [0.2, 0.25) is 5.02 Å². The summed E-state index contributed by atoms with van der Waals surface area (Å²) < 4.78 is 30.8. The molecule has 0 aliphatic heterocycles. The summed E-state index contributed by atoms with van der Waals surface area (Å²) in [7, 11) is -4.08. The quantitative estimate of drug-likeness (QED) is 0.291. The minimum absolute atomic E-state index is 0.0266. The van der Waals surface area contributed by atoms with Gasteiger partial charge in [0.1, 0.15) is 6.04 Å². The Morgan fingerprint density at radius 1 is 0.789 bits per heavy atom. The molecular weight excluding hydrogens is 522 g/mol. The van der Waals surface area contributed by atoms with E-state index in [9.17, 15) is 18.0 Å². The van der Waals surface area contributed by atoms with Crippen molar-refractivity contribution < 1.29 is 13.2 Å². The summed E-state index contributed by atoms with van der Waals surface area (Å²) in [6.45, 7) is 0. The van der Waals surface area contributed by atoms with Crippen molar-refractivity contribution in [2.24, 2.45) is 0 Å². The van der Waals surface area contributed by atoms with Crippen LogP contribution in [-0.4, -0.2) is 18.9 Å². The van der Waals surface area contributed by atoms with E-state index in [1.165, 1.54) is 22.8 Å². The Hall–Kier alpha value is -4.24. The maximum absolute atomic E-state index is 13.4. The standard InChI is InChI=1S/C29H22ClN3O4S/c30-23-11-9-22-19-26(16-10-21(22)18-23)38(36,37)32-28(20-6-2-1-3-7-20)29(35)31-24-12-14-25(15-13-24)33-17-5-4-8-27(33)34/h1-19,28,32H,(H,31,35). The number of carbonyl (C=O) groups is 1. The Balaban J connectivity index is 1.41. The number of halogens is 1. The maximum Gasteiger partial charge on any atom is 0.255 e. The Kier molecular flexibility index (Phi) is 7.11. The Morgan fingerprint density at radius 3 is 2.21 bits per heavy atom. The molecule has 190 valence electrons. The van der Waals surface area contributed by atoms with Gasteiger partial charge in [0.05, 0.1) is 4.90 Å². The molecule has 0 fully saturated rings. The molecule has 0 aliphatic rings. The van der Waals surface area contributed by atoms with Crippen LogP contribution in [-0.2, 0) is 14.8 Å². The molecule has 1 atom stereocenters. The molecule has 0 spiro atoms. The van der Waals surface area contributed by atoms with Gasteiger partial charge >= 0.3 is 0 Å². The van der Waals surface area contributed by atoms with Gasteiger partial charge in [-0.2, -0.15) is 4.72 Å². The van der Waals surface area contributed by atoms with Crippen molar-refractivity contribution in [1.82, 2.24) is 9.29 Å². The van der Waals surface area contributed by atoms with Crippen molar-refractivity contribution in [3.05, 3.63) is 136 Å². The minimum Gasteiger partial charge on any atom is -0.324 e. The summed E-state index contributed by atoms with van der Waals surface area (Å²) in [6.07, 6.45) is 1.65. The highest BCUT2D eigenvalue weighted by atomic mass is 35.5. The predicted octanol–water partition coefficient (Wildman–Crippen LogP) is 5.30. The van der Waals surface area contributed by atoms with Crippen LogP contribution in [0.5, 0.6) is 0 Å². The lowest BCUT2D eigenvalue weighted by molar-refractivity contribution is -0.117. The second kappa shape index (κ2) is 10.6. The summed E-state index contributed by atoms with van der Waals surface area (Å²) in [5.41, 5.74) is 1.38. The lowest BCUT2D eigenvalue weighted by Crippen LogP contribution is -2.37. The van der Waals surface area contributed by atoms with Gasteiger partial charge in [-0.1, -0.05) is 60.1 Å². The zero-order valence-corrected chi connectivity index (χ0v) is 21.5. The molecule has 7 nitrogen and oxygen atoms in total. The van der Waals surface area contributed by atoms with Crippen molar-refractivity contribution in [3.8, 4) is 5.69 Å². The average molecular weight is 544 g/mol. The third kappa shape index (κ3) is 5.52. The van der Waals surface area contributed by atoms with Gasteiger partial charge < -0.3 is 5.32 Å². The summed E-state index contributed by atoms with van der Waals surface area (Å²) in [5, 5.41) is 4.83. The number of pyridine rings is 1. The van der Waals surface area contributed by atoms with Crippen molar-refractivity contribution in [2.75, 3.05) is 5.32 Å². The summed E-state index contributed by atoms with van der Waals surface area (Å²) in [5.74, 6) is -0.558. The number of carbonyl (C=O) groups excluding carboxylic acids is 1. The smallest absolute Gasteiger partial charge is 0.255 e. The number of hydrogen-bond donors (Lipinski definition) is 2. The Labute approximate surface area is 224 Å². The third-order valence-corrected chi connectivity index (χ3v) is 7.64. The predicted molar refractivity (Wildman–Crippen MR) is 149 cm³/mol. The highest BCUT2D eigenvalue weighted by Crippen LogP contribution is 2.25. The van der Waals surface area contributed by atoms with E-state index >= 15 is 0 Å². The first-order chi connectivity index (χ1) is 18.3. The van der Waals surface area contributed by atoms with Crippen molar-refractivity contribution >= 4 is 44.0 Å². The molecule has 0 radical (unpaired) electrons. The number of nitrogens with zero attached hydrogens (tertiary/aromatic N) is 1. The Bertz CT molecular complexity index is 1790. The molecule has 5 aromatic rings. The first kappa shape index (κ1) is 25.4. The molecule has 0 bridgehead atoms. The molecule has 9 heteroatoms. The van der Waals surface area contributed by atoms with Gasteiger partial charge in [0.2, 0.25) is 15.9 Å². The van der Waals surface area contributed by atoms with E-state index in [0.717, 1.165) is 5.39 Å². The second-order valence-electron chi connectivity index (χ2n) is 8.56. The largest absolute Gasteiger partial charge is 0.324 e. The van der Waals surface area contributed by atoms with Crippen LogP contribution < -0.4 is 15.6 Å². The van der Waals surface area contributed by atoms with Gasteiger partial charge in [0, 0.05) is 28.7 Å². The average Bonchev–Trinajstić information content (AvgIpc) is 2.92. The number of benzene rings is 4. The molecular formula is C29H22ClN3O4S. The van der Waals surface area contributed by atoms with Crippen LogP contribution in [0.3, 0.4) is 0 Å². The fourth-order valence-corrected chi connectivity index (χ4v) is 5.46. The molecule has 38 heavy (non-hydrogen) atoms. The van der Waals surface area contributed by atoms with Gasteiger partial charge in [-0.15, -0.1) is 0 Å². The lowest BCUT2D eigenvalue weighted by Gasteiger charge is -2.19. The fourth-order valence-electron chi connectivity index (χ4n) is 4.06. The number of fused-ring (bicyclic) bond motifs is 1. The van der Waals surface area contributed by atoms with Crippen LogP contribution in [0.15, 0.2) is 125 Å². The zero-order valence-electron chi connectivity index (χ0n) is 19.9. The number of aromatic nitrogens is 1. The van der Waals surface area contributed by atoms with E-state index in [-0.39, 0.29) is 10.5 Å². The van der Waals surface area contributed by atoms with E-state index in [4.69, 9.17) is 11.6 Å². The Morgan fingerprint density at radius 2 is 1.47 bits per heavy atom. The third-order valence-electron chi connectivity index (χ3n) is 5.99. The summed E-state index contributed by atoms with van der Waals surface area (Å²) in [4.78, 5) is 25.5. The number of sulfonamides is 1. The van der Waals surface area contributed by atoms with Crippen LogP contribution in [0.4, 0.5) is 5.69 Å². The first-order valence-electron chi connectivity index (χ1n) is 11.7. The highest BCUT2D eigenvalue weighted by molar-refractivity contribution is 7.89. The van der Waals surface area contributed by atoms with Gasteiger partial charge in [-0.05, 0) is 70.9 Å². The van der Waals surface area contributed by atoms with Crippen LogP contribution in [0.25, 0.3) is 16.5 Å². The molecule has 0 saturated heterocycles. The minimum atomic E-state index is -4.08. The van der Waals surface area contributed by atoms with Gasteiger partial charge in [-0.3, -0.25) is 14.2 Å². The zero-order chi connectivity index (χ0) is 26.7. The number of amides is 1. The summed E-state index contributed by atoms with van der Waals surface area (Å²) >= 11 is 6.04. The number of hydrogen-bond acceptors (Lipinski definition) is 4. The first-order valence-corrected chi connectivity index (χ1v) is 13.5. The number of anilines is 1. The van der Waals surface area contributed by atoms with Crippen LogP contribution >= 0.6 is 11.6 Å². The molecule has 4 aromatic carbocycles. The van der Waals surface area contributed by atoms with Gasteiger partial charge in [-0.25, -0.2) is 8.42 Å². The van der Waals surface area contributed by atoms with Gasteiger partial charge in [0.25, 0.3) is 5.56 Å². The molecule has 0 aliphatic carbocycles. The van der Waals surface area contributed by atoms with Crippen molar-refractivity contribution in [1.29, 1.82) is 0 Å². The second-order valence-corrected chi connectivity index (χ2v) is 10.7. The molecule has 1 amide bonds. The normalized spacial score (nSPS) is 12.2. The van der Waals surface area contributed by atoms with E-state index < -0.39 is 22.0 Å². The number of nitrogens with one attached hydrogen (secondary N) is 2. The molecule has 1 unspecified atom stereocenters. The topological polar surface area (TPSA) is 97.3 Å². The van der Waals surface area contributed by atoms with Crippen LogP contribution in [0.1, 0.15) is 11.6 Å². The van der Waals surface area contributed by atoms with Crippen LogP contribution in [0, 0.1) is 0 Å². The molecule has 1 heterocycles. The van der Waals surface area contributed by atoms with Gasteiger partial charge in [0.15, 0.2) is 0 Å². The maximum atomic E-state index is 13.4. The monoisotopic (exact) mass is 543 g/mol. The van der Waals surface area contributed by atoms with E-state index in [2.05, 4.69) is 10.0 Å². The lowest BCUT2D eigenvalue weighted by atomic mass is 10.1. The molecule has 0 saturated carbocycles. The number of rotatable bonds is 7.